The maximum absolute atomic E-state index is 14.5. The molecule has 10 heterocycles. The Morgan fingerprint density at radius 3 is 1.11 bits per heavy atom. The molecule has 10 aromatic heterocycles. The summed E-state index contributed by atoms with van der Waals surface area (Å²) < 4.78 is 17.9. The van der Waals surface area contributed by atoms with E-state index < -0.39 is 23.5 Å². The van der Waals surface area contributed by atoms with Crippen LogP contribution in [0.15, 0.2) is 244 Å². The Morgan fingerprint density at radius 2 is 0.712 bits per heavy atom. The lowest BCUT2D eigenvalue weighted by molar-refractivity contribution is -0.118. The third-order valence-electron chi connectivity index (χ3n) is 21.4. The number of hydrogen-bond acceptors (Lipinski definition) is 22. The molecule has 27 nitrogen and oxygen atoms in total. The zero-order valence-electron chi connectivity index (χ0n) is 70.0. The zero-order chi connectivity index (χ0) is 88.0. The van der Waals surface area contributed by atoms with E-state index in [0.717, 1.165) is 180 Å². The van der Waals surface area contributed by atoms with Gasteiger partial charge >= 0.3 is 0 Å². The van der Waals surface area contributed by atoms with Gasteiger partial charge in [-0.25, -0.2) is 64.2 Å². The highest BCUT2D eigenvalue weighted by atomic mass is 19.1. The predicted molar refractivity (Wildman–Crippen MR) is 491 cm³/mol. The lowest BCUT2D eigenvalue weighted by Crippen LogP contribution is -2.18. The quantitative estimate of drug-likeness (QED) is 0.0445. The normalized spacial score (nSPS) is 11.1. The number of pyridine rings is 4. The molecule has 14 N–H and O–H groups in total. The fourth-order valence-electron chi connectivity index (χ4n) is 14.7. The van der Waals surface area contributed by atoms with E-state index in [2.05, 4.69) is 147 Å². The number of nitrogen functional groups attached to an aromatic ring is 4. The van der Waals surface area contributed by atoms with Crippen LogP contribution in [0.4, 0.5) is 27.7 Å². The fourth-order valence-corrected chi connectivity index (χ4v) is 14.7. The topological polar surface area (TPSA) is 427 Å². The number of likely N-dealkylation sites (N-methyl/N-ethyl adjacent to an activating group) is 1. The average molecular weight is 1660 g/mol. The van der Waals surface area contributed by atoms with Crippen molar-refractivity contribution in [1.82, 2.24) is 84.3 Å². The molecule has 0 spiro atoms. The van der Waals surface area contributed by atoms with Crippen LogP contribution in [0.25, 0.3) is 155 Å². The first-order chi connectivity index (χ1) is 60.2. The predicted octanol–water partition coefficient (Wildman–Crippen LogP) is 16.0. The number of hydrogen-bond donors (Lipinski definition) is 7. The van der Waals surface area contributed by atoms with Crippen molar-refractivity contribution >= 4 is 84.6 Å². The van der Waals surface area contributed by atoms with Crippen molar-refractivity contribution in [2.45, 2.75) is 61.6 Å². The van der Waals surface area contributed by atoms with Crippen LogP contribution in [0.2, 0.25) is 0 Å². The SMILES string of the molecule is Cc1ccc(-c2nc(N)c(-c3cnn(CC(N)=O)c3)cc2-c2ccc3ncnc(C)c3c2)cc1.Cc1ccc(-c2nc(N)c(-c3cnn(CCN(C)C)c3)cc2-c2ccc3ncnc(C)c3c2)cc1.Cc1cccc(-c2nc(N)c(C(N)=O)cc2-c2ccc3ncnc(C)c3c2)c1.Cc1ncnc2ccc(-c3cc(C(N)=O)c(N)nc3-c3ccccc3F)cc12. The molecule has 0 radical (unpaired) electrons. The van der Waals surface area contributed by atoms with E-state index in [4.69, 9.17) is 50.1 Å². The standard InChI is InChI=1S/C28H29N7.C26H23N7O.C22H19N5O.C21H16FN5O/c1-18-5-7-20(8-6-18)27-24(21-9-10-26-23(13-21)19(2)30-17-31-26)14-25(28(29)33-27)22-15-32-35(16-22)12-11-34(3)4;1-15-3-5-17(6-4-15)25-21(18-7-8-23-20(9-18)16(2)29-14-30-23)10-22(26(28)32-25)19-11-31-33(12-19)13-24(27)34;1-12-4-3-5-15(8-12)20-17(10-18(22(24)28)21(23)27-20)14-6-7-19-16(9-14)13(2)25-11-26-19;1-11-14-8-12(6-7-18(14)26-10-25-11)15-9-16(21(24)28)20(23)27-19(15)13-4-2-3-5-17(13)22/h5-10,13-17H,11-12H2,1-4H3,(H2,29,33);3-12,14H,13H2,1-2H3,(H2,27,34)(H2,28,32);3-11H,1-2H3,(H2,23,27)(H2,24,28);2-10H,1H3,(H2,23,27)(H2,24,28). The summed E-state index contributed by atoms with van der Waals surface area (Å²) in [5.74, 6) is -1.29. The Morgan fingerprint density at radius 1 is 0.344 bits per heavy atom. The smallest absolute Gasteiger partial charge is 0.252 e. The molecule has 3 amide bonds. The third kappa shape index (κ3) is 18.4. The second-order valence-electron chi connectivity index (χ2n) is 30.5. The van der Waals surface area contributed by atoms with Gasteiger partial charge in [0.05, 0.1) is 74.9 Å². The second kappa shape index (κ2) is 35.9. The van der Waals surface area contributed by atoms with Crippen LogP contribution >= 0.6 is 0 Å². The highest BCUT2D eigenvalue weighted by Gasteiger charge is 2.24. The first kappa shape index (κ1) is 83.7. The van der Waals surface area contributed by atoms with Crippen LogP contribution in [-0.4, -0.2) is 123 Å². The van der Waals surface area contributed by atoms with Crippen LogP contribution < -0.4 is 40.1 Å². The molecular weight excluding hydrogens is 1570 g/mol. The number of fused-ring (bicyclic) bond motifs is 4. The highest BCUT2D eigenvalue weighted by Crippen LogP contribution is 2.43. The van der Waals surface area contributed by atoms with Gasteiger partial charge in [-0.3, -0.25) is 23.7 Å². The molecule has 0 saturated carbocycles. The van der Waals surface area contributed by atoms with Gasteiger partial charge in [-0.05, 0) is 176 Å². The zero-order valence-corrected chi connectivity index (χ0v) is 70.0. The van der Waals surface area contributed by atoms with Crippen LogP contribution in [0.1, 0.15) is 60.2 Å². The van der Waals surface area contributed by atoms with Gasteiger partial charge in [0.2, 0.25) is 5.91 Å². The number of nitrogens with zero attached hydrogens (tertiary/aromatic N) is 17. The molecule has 18 aromatic rings. The van der Waals surface area contributed by atoms with E-state index in [1.54, 1.807) is 61.7 Å². The molecule has 28 heteroatoms. The molecule has 0 saturated heterocycles. The molecule has 0 aliphatic heterocycles. The Hall–Kier alpha value is -16.4. The Balaban J connectivity index is 0.000000129. The van der Waals surface area contributed by atoms with Gasteiger partial charge in [-0.1, -0.05) is 120 Å². The van der Waals surface area contributed by atoms with Crippen molar-refractivity contribution in [2.24, 2.45) is 17.2 Å². The number of nitrogens with two attached hydrogens (primary N) is 7. The summed E-state index contributed by atoms with van der Waals surface area (Å²) in [5.41, 5.74) is 67.9. The molecule has 0 bridgehead atoms. The molecule has 620 valence electrons. The lowest BCUT2D eigenvalue weighted by Gasteiger charge is -2.15. The van der Waals surface area contributed by atoms with Crippen molar-refractivity contribution in [3.05, 3.63) is 301 Å². The number of primary amides is 3. The molecule has 18 rings (SSSR count). The molecule has 0 atom stereocenters. The molecular formula is C97H87FN24O3. The largest absolute Gasteiger partial charge is 0.383 e. The summed E-state index contributed by atoms with van der Waals surface area (Å²) in [6.07, 6.45) is 13.5. The molecule has 0 unspecified atom stereocenters. The third-order valence-corrected chi connectivity index (χ3v) is 21.4. The van der Waals surface area contributed by atoms with Gasteiger partial charge in [0.1, 0.15) is 60.9 Å². The van der Waals surface area contributed by atoms with Gasteiger partial charge < -0.3 is 45.0 Å². The van der Waals surface area contributed by atoms with Crippen molar-refractivity contribution in [3.63, 3.8) is 0 Å². The van der Waals surface area contributed by atoms with E-state index in [9.17, 15) is 18.8 Å². The summed E-state index contributed by atoms with van der Waals surface area (Å²) >= 11 is 0. The summed E-state index contributed by atoms with van der Waals surface area (Å²) in [4.78, 5) is 90.2. The minimum Gasteiger partial charge on any atom is -0.383 e. The van der Waals surface area contributed by atoms with Gasteiger partial charge in [0.15, 0.2) is 0 Å². The maximum atomic E-state index is 14.5. The van der Waals surface area contributed by atoms with Gasteiger partial charge in [0.25, 0.3) is 11.8 Å². The Labute approximate surface area is 718 Å². The van der Waals surface area contributed by atoms with Crippen molar-refractivity contribution in [2.75, 3.05) is 43.6 Å². The Kier molecular flexibility index (Phi) is 24.0. The summed E-state index contributed by atoms with van der Waals surface area (Å²) in [7, 11) is 4.11. The average Bonchev–Trinajstić information content (AvgIpc) is 1.67. The minimum atomic E-state index is -0.702. The second-order valence-corrected chi connectivity index (χ2v) is 30.5. The summed E-state index contributed by atoms with van der Waals surface area (Å²) in [5, 5.41) is 12.6. The molecule has 8 aromatic carbocycles. The van der Waals surface area contributed by atoms with Crippen molar-refractivity contribution < 1.29 is 18.8 Å². The summed E-state index contributed by atoms with van der Waals surface area (Å²) in [6.45, 7) is 15.6. The molecule has 125 heavy (non-hydrogen) atoms. The van der Waals surface area contributed by atoms with Crippen LogP contribution in [0, 0.1) is 54.3 Å². The number of amides is 3. The number of carbonyl (C=O) groups excluding carboxylic acids is 3. The minimum absolute atomic E-state index is 0.00834. The van der Waals surface area contributed by atoms with Crippen molar-refractivity contribution in [3.8, 4) is 112 Å². The monoisotopic (exact) mass is 1650 g/mol. The van der Waals surface area contributed by atoms with E-state index in [1.807, 2.05) is 156 Å². The lowest BCUT2D eigenvalue weighted by atomic mass is 9.94. The van der Waals surface area contributed by atoms with Crippen LogP contribution in [0.3, 0.4) is 0 Å². The van der Waals surface area contributed by atoms with E-state index in [1.165, 1.54) is 22.6 Å². The molecule has 0 fully saturated rings. The number of rotatable bonds is 17. The maximum Gasteiger partial charge on any atom is 0.252 e. The number of aromatic nitrogens is 16. The van der Waals surface area contributed by atoms with Crippen LogP contribution in [0.5, 0.6) is 0 Å². The molecule has 0 aliphatic rings. The van der Waals surface area contributed by atoms with E-state index >= 15 is 0 Å². The fraction of sp³-hybridized carbons (Fsp3) is 0.124. The van der Waals surface area contributed by atoms with Gasteiger partial charge in [-0.2, -0.15) is 10.2 Å². The molecule has 0 aliphatic carbocycles. The first-order valence-corrected chi connectivity index (χ1v) is 39.8. The number of aryl methyl sites for hydroxylation is 7. The van der Waals surface area contributed by atoms with Gasteiger partial charge in [-0.15, -0.1) is 0 Å². The van der Waals surface area contributed by atoms with E-state index in [0.29, 0.717) is 28.6 Å². The number of anilines is 4. The number of halogens is 1. The number of benzene rings is 8. The highest BCUT2D eigenvalue weighted by molar-refractivity contribution is 6.03. The van der Waals surface area contributed by atoms with Gasteiger partial charge in [0, 0.05) is 130 Å². The first-order valence-electron chi connectivity index (χ1n) is 39.8. The van der Waals surface area contributed by atoms with Crippen molar-refractivity contribution in [1.29, 1.82) is 0 Å². The van der Waals surface area contributed by atoms with E-state index in [-0.39, 0.29) is 34.9 Å². The Bertz CT molecular complexity index is 7220. The number of carbonyl (C=O) groups is 3. The summed E-state index contributed by atoms with van der Waals surface area (Å²) in [6, 6.07) is 62.0. The van der Waals surface area contributed by atoms with Crippen LogP contribution in [-0.2, 0) is 17.9 Å².